The molecule has 2 rings (SSSR count). The van der Waals surface area contributed by atoms with Crippen molar-refractivity contribution in [3.05, 3.63) is 42.1 Å². The van der Waals surface area contributed by atoms with Crippen LogP contribution >= 0.6 is 11.6 Å². The lowest BCUT2D eigenvalue weighted by Crippen LogP contribution is -2.23. The Morgan fingerprint density at radius 3 is 2.89 bits per heavy atom. The molecule has 1 aromatic carbocycles. The Morgan fingerprint density at radius 2 is 2.11 bits per heavy atom. The fourth-order valence-corrected chi connectivity index (χ4v) is 2.67. The van der Waals surface area contributed by atoms with E-state index in [0.717, 1.165) is 25.0 Å². The van der Waals surface area contributed by atoms with Crippen LogP contribution < -0.4 is 5.32 Å². The Hall–Kier alpha value is -1.12. The van der Waals surface area contributed by atoms with Gasteiger partial charge in [-0.1, -0.05) is 26.0 Å². The molecule has 1 unspecified atom stereocenters. The number of pyridine rings is 1. The maximum atomic E-state index is 6.26. The maximum absolute atomic E-state index is 6.26. The smallest absolute Gasteiger partial charge is 0.0702 e. The molecular weight excluding hydrogens is 256 g/mol. The summed E-state index contributed by atoms with van der Waals surface area (Å²) in [6.45, 7) is 6.11. The van der Waals surface area contributed by atoms with Crippen molar-refractivity contribution in [2.75, 3.05) is 6.54 Å². The molecule has 0 saturated heterocycles. The molecule has 0 aliphatic carbocycles. The number of benzene rings is 1. The van der Waals surface area contributed by atoms with E-state index in [4.69, 9.17) is 11.6 Å². The van der Waals surface area contributed by atoms with Gasteiger partial charge in [-0.15, -0.1) is 11.6 Å². The highest BCUT2D eigenvalue weighted by Crippen LogP contribution is 2.14. The van der Waals surface area contributed by atoms with Gasteiger partial charge in [-0.25, -0.2) is 0 Å². The summed E-state index contributed by atoms with van der Waals surface area (Å²) in [7, 11) is 0. The van der Waals surface area contributed by atoms with Crippen LogP contribution in [-0.2, 0) is 6.54 Å². The summed E-state index contributed by atoms with van der Waals surface area (Å²) in [5, 5.41) is 4.82. The van der Waals surface area contributed by atoms with Crippen LogP contribution in [0.1, 0.15) is 25.8 Å². The lowest BCUT2D eigenvalue weighted by molar-refractivity contribution is 0.533. The molecule has 2 aromatic rings. The van der Waals surface area contributed by atoms with E-state index in [1.54, 1.807) is 0 Å². The average Bonchev–Trinajstić information content (AvgIpc) is 2.37. The fourth-order valence-electron chi connectivity index (χ4n) is 2.20. The first-order valence-electron chi connectivity index (χ1n) is 6.83. The topological polar surface area (TPSA) is 24.9 Å². The normalized spacial score (nSPS) is 13.1. The van der Waals surface area contributed by atoms with E-state index >= 15 is 0 Å². The van der Waals surface area contributed by atoms with Gasteiger partial charge in [0.25, 0.3) is 0 Å². The van der Waals surface area contributed by atoms with Crippen LogP contribution in [0.25, 0.3) is 10.9 Å². The molecule has 0 amide bonds. The quantitative estimate of drug-likeness (QED) is 0.808. The average molecular weight is 277 g/mol. The van der Waals surface area contributed by atoms with Crippen molar-refractivity contribution in [1.29, 1.82) is 0 Å². The second-order valence-electron chi connectivity index (χ2n) is 5.39. The summed E-state index contributed by atoms with van der Waals surface area (Å²) in [6.07, 6.45) is 2.88. The second-order valence-corrected chi connectivity index (χ2v) is 6.01. The number of hydrogen-bond acceptors (Lipinski definition) is 2. The minimum atomic E-state index is 0.210. The number of aromatic nitrogens is 1. The largest absolute Gasteiger partial charge is 0.311 e. The zero-order chi connectivity index (χ0) is 13.7. The molecule has 0 aliphatic heterocycles. The minimum Gasteiger partial charge on any atom is -0.311 e. The maximum Gasteiger partial charge on any atom is 0.0702 e. The van der Waals surface area contributed by atoms with Crippen molar-refractivity contribution in [2.45, 2.75) is 32.2 Å². The van der Waals surface area contributed by atoms with E-state index in [0.29, 0.717) is 5.92 Å². The van der Waals surface area contributed by atoms with Crippen LogP contribution in [-0.4, -0.2) is 16.9 Å². The van der Waals surface area contributed by atoms with Gasteiger partial charge in [0.2, 0.25) is 0 Å². The Balaban J connectivity index is 1.88. The molecule has 0 saturated carbocycles. The lowest BCUT2D eigenvalue weighted by atomic mass is 10.1. The molecule has 102 valence electrons. The van der Waals surface area contributed by atoms with Gasteiger partial charge in [0, 0.05) is 30.0 Å². The lowest BCUT2D eigenvalue weighted by Gasteiger charge is -2.13. The summed E-state index contributed by atoms with van der Waals surface area (Å²) in [4.78, 5) is 4.32. The molecule has 1 heterocycles. The van der Waals surface area contributed by atoms with Gasteiger partial charge >= 0.3 is 0 Å². The van der Waals surface area contributed by atoms with E-state index in [1.807, 2.05) is 12.3 Å². The third-order valence-electron chi connectivity index (χ3n) is 3.09. The first kappa shape index (κ1) is 14.3. The first-order chi connectivity index (χ1) is 9.15. The number of rotatable bonds is 6. The standard InChI is InChI=1S/C16H21ClN2/c1-12(2)8-15(17)11-18-10-13-5-6-16-14(9-13)4-3-7-19-16/h3-7,9,12,15,18H,8,10-11H2,1-2H3. The van der Waals surface area contributed by atoms with E-state index in [1.165, 1.54) is 10.9 Å². The molecule has 1 atom stereocenters. The summed E-state index contributed by atoms with van der Waals surface area (Å²) >= 11 is 6.26. The monoisotopic (exact) mass is 276 g/mol. The van der Waals surface area contributed by atoms with Crippen LogP contribution in [0.4, 0.5) is 0 Å². The first-order valence-corrected chi connectivity index (χ1v) is 7.27. The summed E-state index contributed by atoms with van der Waals surface area (Å²) in [5.41, 5.74) is 2.31. The van der Waals surface area contributed by atoms with Crippen molar-refractivity contribution in [3.63, 3.8) is 0 Å². The molecular formula is C16H21ClN2. The zero-order valence-corrected chi connectivity index (χ0v) is 12.3. The predicted octanol–water partition coefficient (Wildman–Crippen LogP) is 3.98. The Kier molecular flexibility index (Phi) is 5.17. The predicted molar refractivity (Wildman–Crippen MR) is 82.5 cm³/mol. The third-order valence-corrected chi connectivity index (χ3v) is 3.42. The minimum absolute atomic E-state index is 0.210. The van der Waals surface area contributed by atoms with Crippen LogP contribution in [0, 0.1) is 5.92 Å². The van der Waals surface area contributed by atoms with Crippen LogP contribution in [0.2, 0.25) is 0 Å². The SMILES string of the molecule is CC(C)CC(Cl)CNCc1ccc2ncccc2c1. The molecule has 0 fully saturated rings. The Morgan fingerprint density at radius 1 is 1.26 bits per heavy atom. The summed E-state index contributed by atoms with van der Waals surface area (Å²) in [6, 6.07) is 10.4. The van der Waals surface area contributed by atoms with Gasteiger partial charge in [-0.05, 0) is 36.1 Å². The summed E-state index contributed by atoms with van der Waals surface area (Å²) < 4.78 is 0. The van der Waals surface area contributed by atoms with Gasteiger partial charge < -0.3 is 5.32 Å². The zero-order valence-electron chi connectivity index (χ0n) is 11.6. The number of halogens is 1. The highest BCUT2D eigenvalue weighted by atomic mass is 35.5. The van der Waals surface area contributed by atoms with E-state index in [-0.39, 0.29) is 5.38 Å². The van der Waals surface area contributed by atoms with E-state index in [2.05, 4.69) is 48.4 Å². The van der Waals surface area contributed by atoms with Crippen molar-refractivity contribution < 1.29 is 0 Å². The van der Waals surface area contributed by atoms with E-state index < -0.39 is 0 Å². The molecule has 0 aliphatic rings. The molecule has 0 spiro atoms. The van der Waals surface area contributed by atoms with Crippen molar-refractivity contribution >= 4 is 22.5 Å². The third kappa shape index (κ3) is 4.48. The highest BCUT2D eigenvalue weighted by Gasteiger charge is 2.06. The molecule has 2 nitrogen and oxygen atoms in total. The fraction of sp³-hybridized carbons (Fsp3) is 0.438. The molecule has 19 heavy (non-hydrogen) atoms. The van der Waals surface area contributed by atoms with Crippen molar-refractivity contribution in [1.82, 2.24) is 10.3 Å². The highest BCUT2D eigenvalue weighted by molar-refractivity contribution is 6.20. The van der Waals surface area contributed by atoms with Crippen molar-refractivity contribution in [3.8, 4) is 0 Å². The van der Waals surface area contributed by atoms with Crippen LogP contribution in [0.15, 0.2) is 36.5 Å². The number of alkyl halides is 1. The second kappa shape index (κ2) is 6.88. The van der Waals surface area contributed by atoms with Gasteiger partial charge in [0.15, 0.2) is 0 Å². The van der Waals surface area contributed by atoms with Crippen molar-refractivity contribution in [2.24, 2.45) is 5.92 Å². The summed E-state index contributed by atoms with van der Waals surface area (Å²) in [5.74, 6) is 0.649. The van der Waals surface area contributed by atoms with E-state index in [9.17, 15) is 0 Å². The number of fused-ring (bicyclic) bond motifs is 1. The van der Waals surface area contributed by atoms with Gasteiger partial charge in [-0.3, -0.25) is 4.98 Å². The molecule has 1 aromatic heterocycles. The van der Waals surface area contributed by atoms with Gasteiger partial charge in [-0.2, -0.15) is 0 Å². The Labute approximate surface area is 120 Å². The van der Waals surface area contributed by atoms with Gasteiger partial charge in [0.05, 0.1) is 5.52 Å². The number of nitrogens with zero attached hydrogens (tertiary/aromatic N) is 1. The number of nitrogens with one attached hydrogen (secondary N) is 1. The number of hydrogen-bond donors (Lipinski definition) is 1. The molecule has 0 bridgehead atoms. The molecule has 3 heteroatoms. The van der Waals surface area contributed by atoms with Crippen LogP contribution in [0.5, 0.6) is 0 Å². The Bertz CT molecular complexity index is 525. The molecule has 1 N–H and O–H groups in total. The van der Waals surface area contributed by atoms with Gasteiger partial charge in [0.1, 0.15) is 0 Å². The molecule has 0 radical (unpaired) electrons. The van der Waals surface area contributed by atoms with Crippen LogP contribution in [0.3, 0.4) is 0 Å².